The zero-order valence-corrected chi connectivity index (χ0v) is 8.86. The molecule has 0 bridgehead atoms. The number of hydrogen-bond donors (Lipinski definition) is 0. The number of fused-ring (bicyclic) bond motifs is 1. The Bertz CT molecular complexity index is 438. The summed E-state index contributed by atoms with van der Waals surface area (Å²) in [6.45, 7) is 0. The molecule has 0 aliphatic carbocycles. The molecule has 0 amide bonds. The van der Waals surface area contributed by atoms with Crippen molar-refractivity contribution in [1.29, 1.82) is 0 Å². The molecule has 2 aromatic heterocycles. The van der Waals surface area contributed by atoms with Gasteiger partial charge in [-0.1, -0.05) is 23.2 Å². The minimum atomic E-state index is 0.549. The first-order valence-electron chi connectivity index (χ1n) is 3.16. The Labute approximate surface area is 87.2 Å². The van der Waals surface area contributed by atoms with Crippen molar-refractivity contribution in [2.75, 3.05) is 0 Å². The highest BCUT2D eigenvalue weighted by atomic mass is 79.9. The van der Waals surface area contributed by atoms with Crippen LogP contribution in [0.2, 0.25) is 10.0 Å². The lowest BCUT2D eigenvalue weighted by atomic mass is 10.5. The Morgan fingerprint density at radius 1 is 1.42 bits per heavy atom. The zero-order chi connectivity index (χ0) is 8.72. The molecule has 0 fully saturated rings. The number of nitrogens with zero attached hydrogens (tertiary/aromatic N) is 2. The molecule has 0 radical (unpaired) electrons. The second-order valence-electron chi connectivity index (χ2n) is 2.28. The number of hydrogen-bond acceptors (Lipinski definition) is 1. The van der Waals surface area contributed by atoms with Crippen LogP contribution in [0, 0.1) is 0 Å². The van der Waals surface area contributed by atoms with Gasteiger partial charge in [-0.2, -0.15) is 0 Å². The molecule has 0 saturated heterocycles. The molecule has 12 heavy (non-hydrogen) atoms. The van der Waals surface area contributed by atoms with E-state index in [9.17, 15) is 0 Å². The molecular weight excluding hydrogens is 263 g/mol. The van der Waals surface area contributed by atoms with Crippen LogP contribution in [0.5, 0.6) is 0 Å². The van der Waals surface area contributed by atoms with E-state index < -0.39 is 0 Å². The Balaban J connectivity index is 2.92. The van der Waals surface area contributed by atoms with Crippen LogP contribution in [0.15, 0.2) is 23.1 Å². The average molecular weight is 266 g/mol. The third-order valence-corrected chi connectivity index (χ3v) is 2.55. The molecule has 5 heteroatoms. The fourth-order valence-corrected chi connectivity index (χ4v) is 1.88. The molecular formula is C7H3BrCl2N2. The molecule has 0 aliphatic rings. The minimum absolute atomic E-state index is 0.549. The van der Waals surface area contributed by atoms with Crippen LogP contribution >= 0.6 is 39.1 Å². The lowest BCUT2D eigenvalue weighted by molar-refractivity contribution is 1.15. The third kappa shape index (κ3) is 1.22. The Hall–Kier alpha value is -0.250. The zero-order valence-electron chi connectivity index (χ0n) is 5.76. The molecule has 0 N–H and O–H groups in total. The summed E-state index contributed by atoms with van der Waals surface area (Å²) in [4.78, 5) is 4.08. The first kappa shape index (κ1) is 8.35. The number of halogens is 3. The molecule has 2 heterocycles. The highest BCUT2D eigenvalue weighted by Gasteiger charge is 2.04. The van der Waals surface area contributed by atoms with Crippen molar-refractivity contribution in [2.45, 2.75) is 0 Å². The number of imidazole rings is 1. The predicted octanol–water partition coefficient (Wildman–Crippen LogP) is 3.40. The predicted molar refractivity (Wildman–Crippen MR) is 52.9 cm³/mol. The Morgan fingerprint density at radius 3 is 2.92 bits per heavy atom. The van der Waals surface area contributed by atoms with E-state index in [2.05, 4.69) is 20.9 Å². The molecule has 0 aromatic carbocycles. The van der Waals surface area contributed by atoms with Crippen LogP contribution in [0.1, 0.15) is 0 Å². The minimum Gasteiger partial charge on any atom is -0.291 e. The van der Waals surface area contributed by atoms with Crippen molar-refractivity contribution in [1.82, 2.24) is 9.38 Å². The smallest absolute Gasteiger partial charge is 0.156 e. The second-order valence-corrected chi connectivity index (χ2v) is 3.94. The fourth-order valence-electron chi connectivity index (χ4n) is 0.986. The maximum Gasteiger partial charge on any atom is 0.156 e. The first-order valence-corrected chi connectivity index (χ1v) is 4.71. The monoisotopic (exact) mass is 264 g/mol. The summed E-state index contributed by atoms with van der Waals surface area (Å²) >= 11 is 15.0. The van der Waals surface area contributed by atoms with Crippen molar-refractivity contribution in [3.05, 3.63) is 33.1 Å². The van der Waals surface area contributed by atoms with Gasteiger partial charge in [0.15, 0.2) is 5.65 Å². The van der Waals surface area contributed by atoms with E-state index in [4.69, 9.17) is 23.2 Å². The van der Waals surface area contributed by atoms with E-state index in [1.165, 1.54) is 0 Å². The van der Waals surface area contributed by atoms with Gasteiger partial charge in [-0.15, -0.1) is 0 Å². The van der Waals surface area contributed by atoms with Crippen molar-refractivity contribution in [3.63, 3.8) is 0 Å². The van der Waals surface area contributed by atoms with E-state index in [0.717, 1.165) is 4.60 Å². The third-order valence-electron chi connectivity index (χ3n) is 1.48. The summed E-state index contributed by atoms with van der Waals surface area (Å²) in [6, 6.07) is 1.66. The normalized spacial score (nSPS) is 10.9. The van der Waals surface area contributed by atoms with Crippen molar-refractivity contribution < 1.29 is 0 Å². The molecule has 0 saturated carbocycles. The lowest BCUT2D eigenvalue weighted by Gasteiger charge is -1.97. The summed E-state index contributed by atoms with van der Waals surface area (Å²) in [6.07, 6.45) is 3.43. The maximum atomic E-state index is 5.89. The van der Waals surface area contributed by atoms with Gasteiger partial charge in [0.2, 0.25) is 0 Å². The summed E-state index contributed by atoms with van der Waals surface area (Å²) in [5.41, 5.74) is 0.702. The standard InChI is InChI=1S/C7H3BrCl2N2/c8-6-2-11-7-5(10)1-4(9)3-12(6)7/h1-3H. The lowest BCUT2D eigenvalue weighted by Crippen LogP contribution is -1.84. The maximum absolute atomic E-state index is 5.89. The molecule has 0 atom stereocenters. The van der Waals surface area contributed by atoms with Crippen LogP contribution < -0.4 is 0 Å². The van der Waals surface area contributed by atoms with Crippen molar-refractivity contribution >= 4 is 44.8 Å². The van der Waals surface area contributed by atoms with Crippen LogP contribution in [-0.4, -0.2) is 9.38 Å². The van der Waals surface area contributed by atoms with Crippen LogP contribution in [0.3, 0.4) is 0 Å². The van der Waals surface area contributed by atoms with E-state index >= 15 is 0 Å². The van der Waals surface area contributed by atoms with Crippen LogP contribution in [0.4, 0.5) is 0 Å². The Morgan fingerprint density at radius 2 is 2.17 bits per heavy atom. The summed E-state index contributed by atoms with van der Waals surface area (Å²) < 4.78 is 2.62. The molecule has 2 nitrogen and oxygen atoms in total. The molecule has 2 rings (SSSR count). The van der Waals surface area contributed by atoms with Gasteiger partial charge >= 0.3 is 0 Å². The highest BCUT2D eigenvalue weighted by molar-refractivity contribution is 9.10. The van der Waals surface area contributed by atoms with Crippen LogP contribution in [-0.2, 0) is 0 Å². The Kier molecular flexibility index (Phi) is 2.02. The second kappa shape index (κ2) is 2.91. The van der Waals surface area contributed by atoms with Gasteiger partial charge in [0.25, 0.3) is 0 Å². The number of aromatic nitrogens is 2. The molecule has 0 spiro atoms. The van der Waals surface area contributed by atoms with Gasteiger partial charge < -0.3 is 0 Å². The van der Waals surface area contributed by atoms with E-state index in [-0.39, 0.29) is 0 Å². The van der Waals surface area contributed by atoms with Gasteiger partial charge in [-0.25, -0.2) is 4.98 Å². The van der Waals surface area contributed by atoms with E-state index in [1.54, 1.807) is 22.9 Å². The average Bonchev–Trinajstić information content (AvgIpc) is 2.33. The van der Waals surface area contributed by atoms with Gasteiger partial charge in [-0.3, -0.25) is 4.40 Å². The fraction of sp³-hybridized carbons (Fsp3) is 0. The summed E-state index contributed by atoms with van der Waals surface area (Å²) in [7, 11) is 0. The van der Waals surface area contributed by atoms with Gasteiger partial charge in [0, 0.05) is 6.20 Å². The molecule has 2 aromatic rings. The molecule has 0 aliphatic heterocycles. The largest absolute Gasteiger partial charge is 0.291 e. The first-order chi connectivity index (χ1) is 5.68. The summed E-state index contributed by atoms with van der Waals surface area (Å²) in [5.74, 6) is 0. The van der Waals surface area contributed by atoms with Crippen LogP contribution in [0.25, 0.3) is 5.65 Å². The highest BCUT2D eigenvalue weighted by Crippen LogP contribution is 2.24. The quantitative estimate of drug-likeness (QED) is 0.714. The van der Waals surface area contributed by atoms with Crippen molar-refractivity contribution in [3.8, 4) is 0 Å². The number of rotatable bonds is 0. The van der Waals surface area contributed by atoms with Gasteiger partial charge in [-0.05, 0) is 22.0 Å². The SMILES string of the molecule is Clc1cc(Cl)c2ncc(Br)n2c1. The van der Waals surface area contributed by atoms with Gasteiger partial charge in [0.05, 0.1) is 16.2 Å². The molecule has 0 unspecified atom stereocenters. The molecule has 62 valence electrons. The van der Waals surface area contributed by atoms with E-state index in [0.29, 0.717) is 15.7 Å². The van der Waals surface area contributed by atoms with Crippen molar-refractivity contribution in [2.24, 2.45) is 0 Å². The topological polar surface area (TPSA) is 17.3 Å². The summed E-state index contributed by atoms with van der Waals surface area (Å²) in [5, 5.41) is 1.14. The van der Waals surface area contributed by atoms with Gasteiger partial charge in [0.1, 0.15) is 4.60 Å². The van der Waals surface area contributed by atoms with E-state index in [1.807, 2.05) is 0 Å². The number of pyridine rings is 1.